The Bertz CT molecular complexity index is 425. The Balaban J connectivity index is 1.95. The highest BCUT2D eigenvalue weighted by molar-refractivity contribution is 5.79. The largest absolute Gasteiger partial charge is 0.397 e. The van der Waals surface area contributed by atoms with E-state index >= 15 is 0 Å². The Morgan fingerprint density at radius 3 is 2.53 bits per heavy atom. The summed E-state index contributed by atoms with van der Waals surface area (Å²) in [4.78, 5) is 20.0. The van der Waals surface area contributed by atoms with Crippen LogP contribution in [0.5, 0.6) is 0 Å². The van der Waals surface area contributed by atoms with Crippen LogP contribution in [0.3, 0.4) is 0 Å². The molecule has 2 rings (SSSR count). The van der Waals surface area contributed by atoms with Crippen LogP contribution in [0.4, 0.5) is 11.5 Å². The van der Waals surface area contributed by atoms with Crippen LogP contribution in [0.25, 0.3) is 0 Å². The number of piperazine rings is 1. The van der Waals surface area contributed by atoms with Gasteiger partial charge in [0, 0.05) is 26.2 Å². The van der Waals surface area contributed by atoms with Gasteiger partial charge >= 0.3 is 0 Å². The number of anilines is 2. The molecule has 0 aliphatic carbocycles. The van der Waals surface area contributed by atoms with E-state index in [0.717, 1.165) is 38.4 Å². The first-order chi connectivity index (χ1) is 9.11. The van der Waals surface area contributed by atoms with Crippen molar-refractivity contribution in [1.29, 1.82) is 0 Å². The number of aromatic nitrogens is 1. The predicted octanol–water partition coefficient (Wildman–Crippen LogP) is 0.0497. The van der Waals surface area contributed by atoms with Crippen LogP contribution < -0.4 is 16.4 Å². The van der Waals surface area contributed by atoms with Gasteiger partial charge in [-0.05, 0) is 18.6 Å². The molecule has 0 bridgehead atoms. The lowest BCUT2D eigenvalue weighted by molar-refractivity contribution is -0.123. The van der Waals surface area contributed by atoms with E-state index in [9.17, 15) is 4.79 Å². The molecule has 104 valence electrons. The average molecular weight is 263 g/mol. The molecule has 1 aliphatic rings. The van der Waals surface area contributed by atoms with Crippen molar-refractivity contribution < 1.29 is 4.79 Å². The Hall–Kier alpha value is -1.82. The normalized spacial score (nSPS) is 18.3. The smallest absolute Gasteiger partial charge is 0.234 e. The Morgan fingerprint density at radius 2 is 2.05 bits per heavy atom. The zero-order chi connectivity index (χ0) is 13.8. The molecule has 1 saturated heterocycles. The third-order valence-electron chi connectivity index (χ3n) is 3.56. The first-order valence-electron chi connectivity index (χ1n) is 6.61. The molecule has 0 saturated carbocycles. The lowest BCUT2D eigenvalue weighted by atomic mass is 10.1. The van der Waals surface area contributed by atoms with E-state index in [1.807, 2.05) is 19.1 Å². The number of carbonyl (C=O) groups is 1. The van der Waals surface area contributed by atoms with Crippen molar-refractivity contribution in [2.75, 3.05) is 36.8 Å². The first-order valence-corrected chi connectivity index (χ1v) is 6.61. The lowest BCUT2D eigenvalue weighted by Crippen LogP contribution is -2.54. The number of amides is 1. The second kappa shape index (κ2) is 5.88. The number of nitrogens with two attached hydrogens (primary N) is 2. The van der Waals surface area contributed by atoms with Crippen molar-refractivity contribution in [3.63, 3.8) is 0 Å². The summed E-state index contributed by atoms with van der Waals surface area (Å²) in [6.45, 7) is 5.34. The maximum absolute atomic E-state index is 11.4. The molecule has 1 fully saturated rings. The Labute approximate surface area is 113 Å². The summed E-state index contributed by atoms with van der Waals surface area (Å²) >= 11 is 0. The number of pyridine rings is 1. The van der Waals surface area contributed by atoms with Gasteiger partial charge in [0.15, 0.2) is 0 Å². The van der Waals surface area contributed by atoms with Gasteiger partial charge in [0.25, 0.3) is 0 Å². The topological polar surface area (TPSA) is 88.5 Å². The molecule has 19 heavy (non-hydrogen) atoms. The molecular formula is C13H21N5O. The number of hydrogen-bond donors (Lipinski definition) is 2. The Morgan fingerprint density at radius 1 is 1.37 bits per heavy atom. The highest BCUT2D eigenvalue weighted by Crippen LogP contribution is 2.16. The number of nitrogen functional groups attached to an aromatic ring is 1. The van der Waals surface area contributed by atoms with Gasteiger partial charge in [0.05, 0.1) is 17.9 Å². The van der Waals surface area contributed by atoms with E-state index in [0.29, 0.717) is 5.69 Å². The van der Waals surface area contributed by atoms with E-state index in [1.54, 1.807) is 6.20 Å². The van der Waals surface area contributed by atoms with Crippen LogP contribution >= 0.6 is 0 Å². The molecule has 1 amide bonds. The van der Waals surface area contributed by atoms with Gasteiger partial charge in [0.2, 0.25) is 5.91 Å². The van der Waals surface area contributed by atoms with Crippen molar-refractivity contribution in [2.24, 2.45) is 5.73 Å². The third kappa shape index (κ3) is 3.14. The molecule has 1 aliphatic heterocycles. The zero-order valence-corrected chi connectivity index (χ0v) is 11.2. The van der Waals surface area contributed by atoms with Gasteiger partial charge < -0.3 is 16.4 Å². The molecule has 0 spiro atoms. The fourth-order valence-corrected chi connectivity index (χ4v) is 2.49. The molecule has 6 nitrogen and oxygen atoms in total. The van der Waals surface area contributed by atoms with Crippen molar-refractivity contribution in [2.45, 2.75) is 19.4 Å². The molecule has 6 heteroatoms. The van der Waals surface area contributed by atoms with Crippen LogP contribution in [0.1, 0.15) is 13.3 Å². The van der Waals surface area contributed by atoms with Crippen molar-refractivity contribution >= 4 is 17.4 Å². The molecule has 1 aromatic heterocycles. The van der Waals surface area contributed by atoms with Crippen molar-refractivity contribution in [3.05, 3.63) is 18.3 Å². The van der Waals surface area contributed by atoms with Gasteiger partial charge in [-0.3, -0.25) is 9.69 Å². The molecule has 2 heterocycles. The van der Waals surface area contributed by atoms with E-state index in [4.69, 9.17) is 11.5 Å². The number of primary amides is 1. The van der Waals surface area contributed by atoms with Gasteiger partial charge in [-0.1, -0.05) is 6.92 Å². The average Bonchev–Trinajstić information content (AvgIpc) is 2.41. The molecule has 1 aromatic rings. The highest BCUT2D eigenvalue weighted by atomic mass is 16.1. The van der Waals surface area contributed by atoms with Gasteiger partial charge in [-0.25, -0.2) is 4.98 Å². The lowest BCUT2D eigenvalue weighted by Gasteiger charge is -2.38. The number of hydrogen-bond acceptors (Lipinski definition) is 5. The number of nitrogens with zero attached hydrogens (tertiary/aromatic N) is 3. The minimum absolute atomic E-state index is 0.151. The standard InChI is InChI=1S/C13H21N5O/c1-2-11(13(15)19)17-5-7-18(8-6-17)12-4-3-10(14)9-16-12/h3-4,9,11H,2,5-8,14H2,1H3,(H2,15,19). The van der Waals surface area contributed by atoms with Crippen LogP contribution in [0, 0.1) is 0 Å². The minimum atomic E-state index is -0.235. The summed E-state index contributed by atoms with van der Waals surface area (Å²) in [5.41, 5.74) is 11.7. The second-order valence-corrected chi connectivity index (χ2v) is 4.80. The fourth-order valence-electron chi connectivity index (χ4n) is 2.49. The molecule has 1 unspecified atom stereocenters. The minimum Gasteiger partial charge on any atom is -0.397 e. The molecular weight excluding hydrogens is 242 g/mol. The predicted molar refractivity (Wildman–Crippen MR) is 75.7 cm³/mol. The quantitative estimate of drug-likeness (QED) is 0.801. The summed E-state index contributed by atoms with van der Waals surface area (Å²) in [7, 11) is 0. The van der Waals surface area contributed by atoms with E-state index in [2.05, 4.69) is 14.8 Å². The van der Waals surface area contributed by atoms with E-state index in [1.165, 1.54) is 0 Å². The molecule has 0 aromatic carbocycles. The SMILES string of the molecule is CCC(C(N)=O)N1CCN(c2ccc(N)cn2)CC1. The third-order valence-corrected chi connectivity index (χ3v) is 3.56. The monoisotopic (exact) mass is 263 g/mol. The second-order valence-electron chi connectivity index (χ2n) is 4.80. The number of carbonyl (C=O) groups excluding carboxylic acids is 1. The van der Waals surface area contributed by atoms with Crippen molar-refractivity contribution in [3.8, 4) is 0 Å². The number of rotatable bonds is 4. The van der Waals surface area contributed by atoms with Crippen LogP contribution in [0.2, 0.25) is 0 Å². The first kappa shape index (κ1) is 13.6. The Kier molecular flexibility index (Phi) is 4.21. The zero-order valence-electron chi connectivity index (χ0n) is 11.2. The van der Waals surface area contributed by atoms with Gasteiger partial charge in [0.1, 0.15) is 5.82 Å². The van der Waals surface area contributed by atoms with E-state index in [-0.39, 0.29) is 11.9 Å². The summed E-state index contributed by atoms with van der Waals surface area (Å²) < 4.78 is 0. The fraction of sp³-hybridized carbons (Fsp3) is 0.538. The van der Waals surface area contributed by atoms with Crippen LogP contribution in [-0.2, 0) is 4.79 Å². The van der Waals surface area contributed by atoms with Gasteiger partial charge in [-0.15, -0.1) is 0 Å². The highest BCUT2D eigenvalue weighted by Gasteiger charge is 2.26. The molecule has 4 N–H and O–H groups in total. The maximum atomic E-state index is 11.4. The van der Waals surface area contributed by atoms with Crippen LogP contribution in [0.15, 0.2) is 18.3 Å². The van der Waals surface area contributed by atoms with Crippen LogP contribution in [-0.4, -0.2) is 48.0 Å². The summed E-state index contributed by atoms with van der Waals surface area (Å²) in [6, 6.07) is 3.63. The maximum Gasteiger partial charge on any atom is 0.234 e. The summed E-state index contributed by atoms with van der Waals surface area (Å²) in [5.74, 6) is 0.697. The van der Waals surface area contributed by atoms with Crippen molar-refractivity contribution in [1.82, 2.24) is 9.88 Å². The van der Waals surface area contributed by atoms with Gasteiger partial charge in [-0.2, -0.15) is 0 Å². The molecule has 0 radical (unpaired) electrons. The summed E-state index contributed by atoms with van der Waals surface area (Å²) in [5, 5.41) is 0. The summed E-state index contributed by atoms with van der Waals surface area (Å²) in [6.07, 6.45) is 2.43. The van der Waals surface area contributed by atoms with E-state index < -0.39 is 0 Å². The molecule has 1 atom stereocenters.